The molecule has 8 heteroatoms. The average Bonchev–Trinajstić information content (AvgIpc) is 2.54. The topological polar surface area (TPSA) is 75.7 Å². The van der Waals surface area contributed by atoms with Crippen LogP contribution in [0.2, 0.25) is 10.0 Å². The number of hydrogen-bond donors (Lipinski definition) is 1. The number of anilines is 2. The maximum atomic E-state index is 12.8. The van der Waals surface area contributed by atoms with Gasteiger partial charge in [-0.1, -0.05) is 29.3 Å². The molecule has 0 heterocycles. The Bertz CT molecular complexity index is 839. The number of imide groups is 1. The molecule has 0 aliphatic rings. The van der Waals surface area contributed by atoms with E-state index in [4.69, 9.17) is 23.2 Å². The standard InChI is InChI=1S/C17H14Cl2N2O4/c1-10(22)21(16(23)14-7-6-11(18)8-15(14)19)13-5-3-4-12(9-13)20-17(24)25-2/h3-9H,1-2H3,(H,20,24). The Balaban J connectivity index is 2.41. The highest BCUT2D eigenvalue weighted by Crippen LogP contribution is 2.26. The molecule has 0 aliphatic heterocycles. The van der Waals surface area contributed by atoms with Crippen molar-refractivity contribution in [3.8, 4) is 0 Å². The van der Waals surface area contributed by atoms with Crippen LogP contribution in [-0.2, 0) is 9.53 Å². The lowest BCUT2D eigenvalue weighted by Gasteiger charge is -2.20. The van der Waals surface area contributed by atoms with Crippen molar-refractivity contribution in [2.45, 2.75) is 6.92 Å². The van der Waals surface area contributed by atoms with Crippen LogP contribution < -0.4 is 10.2 Å². The second-order valence-corrected chi connectivity index (χ2v) is 5.79. The molecule has 2 rings (SSSR count). The summed E-state index contributed by atoms with van der Waals surface area (Å²) in [5.74, 6) is -1.12. The highest BCUT2D eigenvalue weighted by Gasteiger charge is 2.24. The molecule has 0 fully saturated rings. The van der Waals surface area contributed by atoms with Crippen molar-refractivity contribution in [1.82, 2.24) is 0 Å². The van der Waals surface area contributed by atoms with E-state index in [0.29, 0.717) is 10.7 Å². The molecule has 3 amide bonds. The fourth-order valence-electron chi connectivity index (χ4n) is 2.12. The second-order valence-electron chi connectivity index (χ2n) is 4.95. The van der Waals surface area contributed by atoms with Gasteiger partial charge in [-0.05, 0) is 36.4 Å². The number of nitrogens with zero attached hydrogens (tertiary/aromatic N) is 1. The van der Waals surface area contributed by atoms with E-state index in [0.717, 1.165) is 4.90 Å². The Morgan fingerprint density at radius 3 is 2.40 bits per heavy atom. The zero-order valence-electron chi connectivity index (χ0n) is 13.4. The van der Waals surface area contributed by atoms with Crippen molar-refractivity contribution in [1.29, 1.82) is 0 Å². The molecule has 25 heavy (non-hydrogen) atoms. The third kappa shape index (κ3) is 4.49. The summed E-state index contributed by atoms with van der Waals surface area (Å²) < 4.78 is 4.52. The third-order valence-electron chi connectivity index (χ3n) is 3.22. The number of hydrogen-bond acceptors (Lipinski definition) is 4. The Morgan fingerprint density at radius 2 is 1.80 bits per heavy atom. The van der Waals surface area contributed by atoms with Gasteiger partial charge in [0.2, 0.25) is 5.91 Å². The van der Waals surface area contributed by atoms with Crippen LogP contribution in [0.1, 0.15) is 17.3 Å². The quantitative estimate of drug-likeness (QED) is 0.857. The summed E-state index contributed by atoms with van der Waals surface area (Å²) in [6.07, 6.45) is -0.668. The summed E-state index contributed by atoms with van der Waals surface area (Å²) in [5, 5.41) is 2.98. The molecule has 1 N–H and O–H groups in total. The minimum atomic E-state index is -0.668. The van der Waals surface area contributed by atoms with E-state index < -0.39 is 17.9 Å². The molecule has 0 spiro atoms. The molecule has 0 bridgehead atoms. The van der Waals surface area contributed by atoms with E-state index in [9.17, 15) is 14.4 Å². The second kappa shape index (κ2) is 8.00. The van der Waals surface area contributed by atoms with E-state index in [1.165, 1.54) is 38.3 Å². The normalized spacial score (nSPS) is 10.1. The lowest BCUT2D eigenvalue weighted by molar-refractivity contribution is -0.115. The molecule has 0 radical (unpaired) electrons. The van der Waals surface area contributed by atoms with Crippen LogP contribution >= 0.6 is 23.2 Å². The lowest BCUT2D eigenvalue weighted by atomic mass is 10.1. The van der Waals surface area contributed by atoms with Crippen LogP contribution in [0.5, 0.6) is 0 Å². The van der Waals surface area contributed by atoms with Gasteiger partial charge in [0.1, 0.15) is 0 Å². The summed E-state index contributed by atoms with van der Waals surface area (Å²) in [7, 11) is 1.23. The van der Waals surface area contributed by atoms with Gasteiger partial charge in [-0.3, -0.25) is 14.9 Å². The summed E-state index contributed by atoms with van der Waals surface area (Å²) in [5.41, 5.74) is 0.774. The lowest BCUT2D eigenvalue weighted by Crippen LogP contribution is -2.35. The highest BCUT2D eigenvalue weighted by molar-refractivity contribution is 6.38. The van der Waals surface area contributed by atoms with Crippen molar-refractivity contribution in [2.75, 3.05) is 17.3 Å². The first-order chi connectivity index (χ1) is 11.8. The Morgan fingerprint density at radius 1 is 1.08 bits per heavy atom. The predicted octanol–water partition coefficient (Wildman–Crippen LogP) is 4.37. The minimum Gasteiger partial charge on any atom is -0.453 e. The Hall–Kier alpha value is -2.57. The first-order valence-corrected chi connectivity index (χ1v) is 7.84. The SMILES string of the molecule is COC(=O)Nc1cccc(N(C(C)=O)C(=O)c2ccc(Cl)cc2Cl)c1. The zero-order chi connectivity index (χ0) is 18.6. The van der Waals surface area contributed by atoms with Crippen LogP contribution in [0.3, 0.4) is 0 Å². The van der Waals surface area contributed by atoms with Crippen molar-refractivity contribution >= 4 is 52.5 Å². The van der Waals surface area contributed by atoms with Crippen molar-refractivity contribution in [2.24, 2.45) is 0 Å². The van der Waals surface area contributed by atoms with Crippen molar-refractivity contribution in [3.63, 3.8) is 0 Å². The maximum absolute atomic E-state index is 12.8. The number of amides is 3. The molecule has 0 saturated heterocycles. The maximum Gasteiger partial charge on any atom is 0.411 e. The van der Waals surface area contributed by atoms with E-state index >= 15 is 0 Å². The Kier molecular flexibility index (Phi) is 6.01. The largest absolute Gasteiger partial charge is 0.453 e. The van der Waals surface area contributed by atoms with Crippen LogP contribution in [0.15, 0.2) is 42.5 Å². The minimum absolute atomic E-state index is 0.132. The third-order valence-corrected chi connectivity index (χ3v) is 3.76. The summed E-state index contributed by atoms with van der Waals surface area (Å²) in [6.45, 7) is 1.25. The molecule has 0 aromatic heterocycles. The number of halogens is 2. The van der Waals surface area contributed by atoms with Gasteiger partial charge in [0.25, 0.3) is 5.91 Å². The summed E-state index contributed by atoms with van der Waals surface area (Å²) in [4.78, 5) is 37.1. The number of benzene rings is 2. The van der Waals surface area contributed by atoms with Gasteiger partial charge in [-0.15, -0.1) is 0 Å². The van der Waals surface area contributed by atoms with Gasteiger partial charge >= 0.3 is 6.09 Å². The molecule has 0 aliphatic carbocycles. The van der Waals surface area contributed by atoms with Crippen molar-refractivity contribution < 1.29 is 19.1 Å². The fraction of sp³-hybridized carbons (Fsp3) is 0.118. The molecule has 0 unspecified atom stereocenters. The molecular formula is C17H14Cl2N2O4. The highest BCUT2D eigenvalue weighted by atomic mass is 35.5. The first kappa shape index (κ1) is 18.8. The van der Waals surface area contributed by atoms with E-state index in [-0.39, 0.29) is 16.3 Å². The van der Waals surface area contributed by atoms with Crippen LogP contribution in [0.25, 0.3) is 0 Å². The van der Waals surface area contributed by atoms with Crippen LogP contribution in [0.4, 0.5) is 16.2 Å². The number of ether oxygens (including phenoxy) is 1. The van der Waals surface area contributed by atoms with Gasteiger partial charge in [0.15, 0.2) is 0 Å². The molecule has 0 saturated carbocycles. The van der Waals surface area contributed by atoms with Crippen LogP contribution in [0, 0.1) is 0 Å². The molecule has 2 aromatic rings. The molecule has 6 nitrogen and oxygen atoms in total. The van der Waals surface area contributed by atoms with Gasteiger partial charge in [-0.25, -0.2) is 9.69 Å². The predicted molar refractivity (Wildman–Crippen MR) is 96.4 cm³/mol. The smallest absolute Gasteiger partial charge is 0.411 e. The number of carbonyl (C=O) groups excluding carboxylic acids is 3. The van der Waals surface area contributed by atoms with Gasteiger partial charge < -0.3 is 4.74 Å². The van der Waals surface area contributed by atoms with Gasteiger partial charge in [0, 0.05) is 17.6 Å². The van der Waals surface area contributed by atoms with E-state index in [1.807, 2.05) is 0 Å². The van der Waals surface area contributed by atoms with E-state index in [2.05, 4.69) is 10.1 Å². The number of methoxy groups -OCH3 is 1. The molecule has 130 valence electrons. The van der Waals surface area contributed by atoms with Crippen molar-refractivity contribution in [3.05, 3.63) is 58.1 Å². The summed E-state index contributed by atoms with van der Waals surface area (Å²) >= 11 is 11.9. The molecular weight excluding hydrogens is 367 g/mol. The number of rotatable bonds is 3. The molecule has 2 aromatic carbocycles. The first-order valence-electron chi connectivity index (χ1n) is 7.08. The zero-order valence-corrected chi connectivity index (χ0v) is 14.9. The van der Waals surface area contributed by atoms with Gasteiger partial charge in [-0.2, -0.15) is 0 Å². The average molecular weight is 381 g/mol. The molecule has 0 atom stereocenters. The number of carbonyl (C=O) groups is 3. The van der Waals surface area contributed by atoms with Crippen LogP contribution in [-0.4, -0.2) is 25.0 Å². The monoisotopic (exact) mass is 380 g/mol. The van der Waals surface area contributed by atoms with E-state index in [1.54, 1.807) is 18.2 Å². The Labute approximate surface area is 154 Å². The van der Waals surface area contributed by atoms with Gasteiger partial charge in [0.05, 0.1) is 23.4 Å². The summed E-state index contributed by atoms with van der Waals surface area (Å²) in [6, 6.07) is 10.6. The fourth-order valence-corrected chi connectivity index (χ4v) is 2.61. The number of nitrogens with one attached hydrogen (secondary N) is 1.